The fourth-order valence-corrected chi connectivity index (χ4v) is 3.99. The quantitative estimate of drug-likeness (QED) is 0.644. The molecule has 0 radical (unpaired) electrons. The minimum absolute atomic E-state index is 0.0302. The second kappa shape index (κ2) is 9.80. The first-order valence-corrected chi connectivity index (χ1v) is 11.0. The maximum Gasteiger partial charge on any atom is 0.251 e. The number of benzene rings is 3. The van der Waals surface area contributed by atoms with E-state index in [1.165, 1.54) is 22.4 Å². The number of rotatable bonds is 6. The lowest BCUT2D eigenvalue weighted by Gasteiger charge is -2.36. The number of anilines is 1. The van der Waals surface area contributed by atoms with Gasteiger partial charge in [-0.05, 0) is 60.4 Å². The van der Waals surface area contributed by atoms with Gasteiger partial charge in [0.15, 0.2) is 0 Å². The van der Waals surface area contributed by atoms with Crippen LogP contribution in [0.5, 0.6) is 0 Å². The molecule has 0 atom stereocenters. The molecule has 0 aromatic heterocycles. The molecular weight excluding hydrogens is 382 g/mol. The molecule has 31 heavy (non-hydrogen) atoms. The maximum absolute atomic E-state index is 12.4. The number of nitrogens with one attached hydrogen (secondary N) is 1. The zero-order chi connectivity index (χ0) is 21.6. The van der Waals surface area contributed by atoms with Crippen LogP contribution in [-0.2, 0) is 13.1 Å². The summed E-state index contributed by atoms with van der Waals surface area (Å²) in [5.41, 5.74) is 7.09. The summed E-state index contributed by atoms with van der Waals surface area (Å²) in [6.45, 7) is 10.00. The van der Waals surface area contributed by atoms with Gasteiger partial charge in [0.2, 0.25) is 0 Å². The van der Waals surface area contributed by atoms with Gasteiger partial charge in [0.05, 0.1) is 0 Å². The molecule has 4 nitrogen and oxygen atoms in total. The van der Waals surface area contributed by atoms with Gasteiger partial charge in [-0.1, -0.05) is 48.5 Å². The van der Waals surface area contributed by atoms with Crippen molar-refractivity contribution >= 4 is 11.6 Å². The molecule has 0 saturated carbocycles. The predicted octanol–water partition coefficient (Wildman–Crippen LogP) is 4.56. The van der Waals surface area contributed by atoms with Gasteiger partial charge in [0.25, 0.3) is 5.91 Å². The van der Waals surface area contributed by atoms with Crippen molar-refractivity contribution in [2.45, 2.75) is 26.9 Å². The lowest BCUT2D eigenvalue weighted by molar-refractivity contribution is 0.0951. The Morgan fingerprint density at radius 2 is 1.52 bits per heavy atom. The molecule has 160 valence electrons. The predicted molar refractivity (Wildman–Crippen MR) is 127 cm³/mol. The van der Waals surface area contributed by atoms with E-state index in [0.29, 0.717) is 12.1 Å². The van der Waals surface area contributed by atoms with E-state index in [2.05, 4.69) is 59.3 Å². The molecule has 0 spiro atoms. The second-order valence-corrected chi connectivity index (χ2v) is 8.40. The minimum atomic E-state index is -0.0302. The summed E-state index contributed by atoms with van der Waals surface area (Å²) in [6, 6.07) is 24.7. The third kappa shape index (κ3) is 5.53. The summed E-state index contributed by atoms with van der Waals surface area (Å²) >= 11 is 0. The Hall–Kier alpha value is -3.11. The number of carbonyl (C=O) groups excluding carboxylic acids is 1. The SMILES string of the molecule is Cc1ccc(N2CCN(Cc3ccc(C(=O)NCc4ccccc4)cc3)CC2)cc1C. The van der Waals surface area contributed by atoms with Crippen LogP contribution in [0.15, 0.2) is 72.8 Å². The van der Waals surface area contributed by atoms with Crippen molar-refractivity contribution < 1.29 is 4.79 Å². The van der Waals surface area contributed by atoms with Crippen LogP contribution in [0.1, 0.15) is 32.6 Å². The molecule has 1 N–H and O–H groups in total. The van der Waals surface area contributed by atoms with Crippen LogP contribution < -0.4 is 10.2 Å². The number of aryl methyl sites for hydroxylation is 2. The number of piperazine rings is 1. The van der Waals surface area contributed by atoms with E-state index in [1.54, 1.807) is 0 Å². The third-order valence-corrected chi connectivity index (χ3v) is 6.15. The van der Waals surface area contributed by atoms with Gasteiger partial charge in [-0.2, -0.15) is 0 Å². The highest BCUT2D eigenvalue weighted by atomic mass is 16.1. The Morgan fingerprint density at radius 3 is 2.19 bits per heavy atom. The van der Waals surface area contributed by atoms with Crippen LogP contribution in [-0.4, -0.2) is 37.0 Å². The largest absolute Gasteiger partial charge is 0.369 e. The van der Waals surface area contributed by atoms with Crippen molar-refractivity contribution in [2.75, 3.05) is 31.1 Å². The Kier molecular flexibility index (Phi) is 6.68. The van der Waals surface area contributed by atoms with Crippen LogP contribution in [0.3, 0.4) is 0 Å². The maximum atomic E-state index is 12.4. The van der Waals surface area contributed by atoms with Gasteiger partial charge < -0.3 is 10.2 Å². The van der Waals surface area contributed by atoms with Crippen molar-refractivity contribution in [1.82, 2.24) is 10.2 Å². The van der Waals surface area contributed by atoms with E-state index < -0.39 is 0 Å². The van der Waals surface area contributed by atoms with E-state index >= 15 is 0 Å². The van der Waals surface area contributed by atoms with E-state index in [-0.39, 0.29) is 5.91 Å². The summed E-state index contributed by atoms with van der Waals surface area (Å²) in [7, 11) is 0. The number of nitrogens with zero attached hydrogens (tertiary/aromatic N) is 2. The average molecular weight is 414 g/mol. The molecule has 1 aliphatic rings. The molecule has 1 amide bonds. The molecule has 4 heteroatoms. The van der Waals surface area contributed by atoms with Gasteiger partial charge in [-0.15, -0.1) is 0 Å². The van der Waals surface area contributed by atoms with E-state index in [0.717, 1.165) is 38.3 Å². The summed E-state index contributed by atoms with van der Waals surface area (Å²) in [6.07, 6.45) is 0. The van der Waals surface area contributed by atoms with E-state index in [4.69, 9.17) is 0 Å². The van der Waals surface area contributed by atoms with Crippen molar-refractivity contribution in [2.24, 2.45) is 0 Å². The average Bonchev–Trinajstić information content (AvgIpc) is 2.81. The zero-order valence-corrected chi connectivity index (χ0v) is 18.5. The van der Waals surface area contributed by atoms with Crippen LogP contribution in [0.25, 0.3) is 0 Å². The van der Waals surface area contributed by atoms with Crippen LogP contribution in [0, 0.1) is 13.8 Å². The molecule has 1 heterocycles. The second-order valence-electron chi connectivity index (χ2n) is 8.40. The molecule has 4 rings (SSSR count). The normalized spacial score (nSPS) is 14.5. The fourth-order valence-electron chi connectivity index (χ4n) is 3.99. The van der Waals surface area contributed by atoms with Crippen molar-refractivity contribution in [3.8, 4) is 0 Å². The van der Waals surface area contributed by atoms with Crippen molar-refractivity contribution in [3.63, 3.8) is 0 Å². The topological polar surface area (TPSA) is 35.6 Å². The molecule has 0 bridgehead atoms. The summed E-state index contributed by atoms with van der Waals surface area (Å²) < 4.78 is 0. The highest BCUT2D eigenvalue weighted by Crippen LogP contribution is 2.21. The lowest BCUT2D eigenvalue weighted by atomic mass is 10.1. The molecule has 0 aliphatic carbocycles. The van der Waals surface area contributed by atoms with Gasteiger partial charge >= 0.3 is 0 Å². The van der Waals surface area contributed by atoms with Gasteiger partial charge in [-0.25, -0.2) is 0 Å². The zero-order valence-electron chi connectivity index (χ0n) is 18.5. The van der Waals surface area contributed by atoms with Crippen LogP contribution in [0.4, 0.5) is 5.69 Å². The Morgan fingerprint density at radius 1 is 0.806 bits per heavy atom. The summed E-state index contributed by atoms with van der Waals surface area (Å²) in [4.78, 5) is 17.4. The van der Waals surface area contributed by atoms with Crippen molar-refractivity contribution in [3.05, 3.63) is 101 Å². The van der Waals surface area contributed by atoms with Crippen LogP contribution >= 0.6 is 0 Å². The lowest BCUT2D eigenvalue weighted by Crippen LogP contribution is -2.46. The standard InChI is InChI=1S/C27H31N3O/c1-21-8-13-26(18-22(21)2)30-16-14-29(15-17-30)20-24-9-11-25(12-10-24)27(31)28-19-23-6-4-3-5-7-23/h3-13,18H,14-17,19-20H2,1-2H3,(H,28,31). The Labute approximate surface area is 185 Å². The van der Waals surface area contributed by atoms with E-state index in [1.807, 2.05) is 42.5 Å². The van der Waals surface area contributed by atoms with Gasteiger partial charge in [0.1, 0.15) is 0 Å². The first-order chi connectivity index (χ1) is 15.1. The van der Waals surface area contributed by atoms with E-state index in [9.17, 15) is 4.79 Å². The molecule has 0 unspecified atom stereocenters. The van der Waals surface area contributed by atoms with Gasteiger partial charge in [0, 0.05) is 50.5 Å². The highest BCUT2D eigenvalue weighted by molar-refractivity contribution is 5.94. The molecule has 1 aliphatic heterocycles. The molecule has 3 aromatic rings. The Balaban J connectivity index is 1.26. The molecular formula is C27H31N3O. The minimum Gasteiger partial charge on any atom is -0.369 e. The first kappa shape index (κ1) is 21.1. The summed E-state index contributed by atoms with van der Waals surface area (Å²) in [5, 5.41) is 2.99. The van der Waals surface area contributed by atoms with Crippen LogP contribution in [0.2, 0.25) is 0 Å². The molecule has 1 saturated heterocycles. The van der Waals surface area contributed by atoms with Gasteiger partial charge in [-0.3, -0.25) is 9.69 Å². The molecule has 3 aromatic carbocycles. The van der Waals surface area contributed by atoms with Crippen molar-refractivity contribution in [1.29, 1.82) is 0 Å². The third-order valence-electron chi connectivity index (χ3n) is 6.15. The first-order valence-electron chi connectivity index (χ1n) is 11.0. The number of carbonyl (C=O) groups is 1. The molecule has 1 fully saturated rings. The highest BCUT2D eigenvalue weighted by Gasteiger charge is 2.18. The monoisotopic (exact) mass is 413 g/mol. The number of hydrogen-bond acceptors (Lipinski definition) is 3. The Bertz CT molecular complexity index is 1010. The summed E-state index contributed by atoms with van der Waals surface area (Å²) in [5.74, 6) is -0.0302. The smallest absolute Gasteiger partial charge is 0.251 e. The fraction of sp³-hybridized carbons (Fsp3) is 0.296. The number of amides is 1. The number of hydrogen-bond donors (Lipinski definition) is 1.